The van der Waals surface area contributed by atoms with E-state index < -0.39 is 5.60 Å². The minimum absolute atomic E-state index is 0.259. The van der Waals surface area contributed by atoms with Gasteiger partial charge in [0.2, 0.25) is 0 Å². The van der Waals surface area contributed by atoms with Crippen LogP contribution in [0.3, 0.4) is 0 Å². The summed E-state index contributed by atoms with van der Waals surface area (Å²) in [5.41, 5.74) is 1.64. The number of carbonyl (C=O) groups is 2. The molecule has 144 valence electrons. The Bertz CT molecular complexity index is 634. The van der Waals surface area contributed by atoms with Gasteiger partial charge in [-0.2, -0.15) is 0 Å². The van der Waals surface area contributed by atoms with Crippen LogP contribution in [0, 0.1) is 0 Å². The Labute approximate surface area is 155 Å². The lowest BCUT2D eigenvalue weighted by Gasteiger charge is -2.37. The second-order valence-corrected chi connectivity index (χ2v) is 7.45. The van der Waals surface area contributed by atoms with Crippen molar-refractivity contribution >= 4 is 17.9 Å². The van der Waals surface area contributed by atoms with Gasteiger partial charge in [0.05, 0.1) is 7.11 Å². The number of carbonyl (C=O) groups excluding carboxylic acids is 2. The Morgan fingerprint density at radius 2 is 1.81 bits per heavy atom. The lowest BCUT2D eigenvalue weighted by Crippen LogP contribution is -2.50. The molecule has 0 unspecified atom stereocenters. The van der Waals surface area contributed by atoms with Crippen molar-refractivity contribution in [3.63, 3.8) is 0 Å². The number of methoxy groups -OCH3 is 1. The van der Waals surface area contributed by atoms with Crippen molar-refractivity contribution in [2.45, 2.75) is 32.9 Å². The van der Waals surface area contributed by atoms with Crippen LogP contribution >= 0.6 is 0 Å². The number of piperazine rings is 1. The van der Waals surface area contributed by atoms with Gasteiger partial charge in [0, 0.05) is 45.5 Å². The molecule has 7 heteroatoms. The first kappa shape index (κ1) is 19.9. The van der Waals surface area contributed by atoms with Gasteiger partial charge in [0.1, 0.15) is 5.60 Å². The van der Waals surface area contributed by atoms with Crippen LogP contribution < -0.4 is 4.90 Å². The SMILES string of the molecule is COC(=O)N(C)Cc1cccc(N2CCN(C(=O)OC(C)(C)C)CC2)c1. The van der Waals surface area contributed by atoms with Crippen molar-refractivity contribution in [1.82, 2.24) is 9.80 Å². The zero-order chi connectivity index (χ0) is 19.3. The summed E-state index contributed by atoms with van der Waals surface area (Å²) in [7, 11) is 3.08. The Morgan fingerprint density at radius 1 is 1.15 bits per heavy atom. The second-order valence-electron chi connectivity index (χ2n) is 7.45. The first-order valence-electron chi connectivity index (χ1n) is 8.80. The van der Waals surface area contributed by atoms with E-state index in [1.165, 1.54) is 12.0 Å². The average Bonchev–Trinajstić information content (AvgIpc) is 2.60. The minimum Gasteiger partial charge on any atom is -0.453 e. The van der Waals surface area contributed by atoms with Gasteiger partial charge in [0.15, 0.2) is 0 Å². The molecular formula is C19H29N3O4. The maximum Gasteiger partial charge on any atom is 0.410 e. The molecule has 0 bridgehead atoms. The number of hydrogen-bond donors (Lipinski definition) is 0. The molecule has 1 saturated heterocycles. The van der Waals surface area contributed by atoms with Crippen LogP contribution in [0.2, 0.25) is 0 Å². The van der Waals surface area contributed by atoms with E-state index in [-0.39, 0.29) is 12.2 Å². The summed E-state index contributed by atoms with van der Waals surface area (Å²) < 4.78 is 10.2. The predicted octanol–water partition coefficient (Wildman–Crippen LogP) is 2.94. The molecule has 1 heterocycles. The highest BCUT2D eigenvalue weighted by atomic mass is 16.6. The molecule has 1 aliphatic heterocycles. The number of rotatable bonds is 3. The van der Waals surface area contributed by atoms with Crippen LogP contribution in [-0.2, 0) is 16.0 Å². The Balaban J connectivity index is 1.94. The standard InChI is InChI=1S/C19H29N3O4/c1-19(2,3)26-18(24)22-11-9-21(10-12-22)16-8-6-7-15(13-16)14-20(4)17(23)25-5/h6-8,13H,9-12,14H2,1-5H3. The van der Waals surface area contributed by atoms with Crippen molar-refractivity contribution in [3.8, 4) is 0 Å². The number of ether oxygens (including phenoxy) is 2. The van der Waals surface area contributed by atoms with Gasteiger partial charge in [-0.05, 0) is 38.5 Å². The van der Waals surface area contributed by atoms with Gasteiger partial charge in [0.25, 0.3) is 0 Å². The molecule has 7 nitrogen and oxygen atoms in total. The maximum atomic E-state index is 12.2. The highest BCUT2D eigenvalue weighted by molar-refractivity contribution is 5.69. The van der Waals surface area contributed by atoms with Gasteiger partial charge < -0.3 is 24.2 Å². The van der Waals surface area contributed by atoms with Crippen LogP contribution in [0.1, 0.15) is 26.3 Å². The zero-order valence-corrected chi connectivity index (χ0v) is 16.3. The summed E-state index contributed by atoms with van der Waals surface area (Å²) in [6.45, 7) is 8.85. The van der Waals surface area contributed by atoms with Crippen molar-refractivity contribution in [2.24, 2.45) is 0 Å². The third kappa shape index (κ3) is 5.54. The number of anilines is 1. The van der Waals surface area contributed by atoms with Gasteiger partial charge in [-0.1, -0.05) is 12.1 Å². The molecule has 1 aromatic carbocycles. The van der Waals surface area contributed by atoms with Crippen LogP contribution in [-0.4, -0.2) is 67.9 Å². The molecule has 26 heavy (non-hydrogen) atoms. The Morgan fingerprint density at radius 3 is 2.38 bits per heavy atom. The van der Waals surface area contributed by atoms with E-state index >= 15 is 0 Å². The maximum absolute atomic E-state index is 12.2. The molecule has 2 amide bonds. The highest BCUT2D eigenvalue weighted by Gasteiger charge is 2.26. The molecule has 0 N–H and O–H groups in total. The van der Waals surface area contributed by atoms with E-state index in [2.05, 4.69) is 11.0 Å². The molecule has 0 spiro atoms. The molecular weight excluding hydrogens is 334 g/mol. The molecule has 2 rings (SSSR count). The van der Waals surface area contributed by atoms with Gasteiger partial charge in [-0.25, -0.2) is 9.59 Å². The van der Waals surface area contributed by atoms with E-state index in [1.807, 2.05) is 39.0 Å². The van der Waals surface area contributed by atoms with Crippen molar-refractivity contribution in [1.29, 1.82) is 0 Å². The highest BCUT2D eigenvalue weighted by Crippen LogP contribution is 2.20. The number of amides is 2. The van der Waals surface area contributed by atoms with Crippen LogP contribution in [0.4, 0.5) is 15.3 Å². The van der Waals surface area contributed by atoms with Crippen molar-refractivity contribution < 1.29 is 19.1 Å². The molecule has 1 fully saturated rings. The second kappa shape index (κ2) is 8.29. The summed E-state index contributed by atoms with van der Waals surface area (Å²) in [6, 6.07) is 8.09. The average molecular weight is 363 g/mol. The topological polar surface area (TPSA) is 62.3 Å². The fourth-order valence-corrected chi connectivity index (χ4v) is 2.82. The molecule has 1 aliphatic rings. The Kier molecular flexibility index (Phi) is 6.34. The molecule has 0 saturated carbocycles. The summed E-state index contributed by atoms with van der Waals surface area (Å²) in [6.07, 6.45) is -0.619. The van der Waals surface area contributed by atoms with E-state index in [4.69, 9.17) is 9.47 Å². The molecule has 0 aliphatic carbocycles. The third-order valence-corrected chi connectivity index (χ3v) is 4.11. The molecule has 0 atom stereocenters. The zero-order valence-electron chi connectivity index (χ0n) is 16.3. The predicted molar refractivity (Wildman–Crippen MR) is 100 cm³/mol. The molecule has 0 radical (unpaired) electrons. The Hall–Kier alpha value is -2.44. The first-order chi connectivity index (χ1) is 12.2. The van der Waals surface area contributed by atoms with E-state index in [0.29, 0.717) is 19.6 Å². The van der Waals surface area contributed by atoms with Crippen molar-refractivity contribution in [3.05, 3.63) is 29.8 Å². The lowest BCUT2D eigenvalue weighted by atomic mass is 10.1. The number of hydrogen-bond acceptors (Lipinski definition) is 5. The fourth-order valence-electron chi connectivity index (χ4n) is 2.82. The lowest BCUT2D eigenvalue weighted by molar-refractivity contribution is 0.0240. The number of benzene rings is 1. The van der Waals surface area contributed by atoms with Gasteiger partial charge >= 0.3 is 12.2 Å². The monoisotopic (exact) mass is 363 g/mol. The summed E-state index contributed by atoms with van der Waals surface area (Å²) in [5.74, 6) is 0. The van der Waals surface area contributed by atoms with E-state index in [9.17, 15) is 9.59 Å². The largest absolute Gasteiger partial charge is 0.453 e. The van der Waals surface area contributed by atoms with Crippen LogP contribution in [0.5, 0.6) is 0 Å². The minimum atomic E-state index is -0.478. The smallest absolute Gasteiger partial charge is 0.410 e. The van der Waals surface area contributed by atoms with Crippen molar-refractivity contribution in [2.75, 3.05) is 45.2 Å². The quantitative estimate of drug-likeness (QED) is 0.826. The summed E-state index contributed by atoms with van der Waals surface area (Å²) >= 11 is 0. The summed E-state index contributed by atoms with van der Waals surface area (Å²) in [5, 5.41) is 0. The van der Waals surface area contributed by atoms with Crippen LogP contribution in [0.15, 0.2) is 24.3 Å². The van der Waals surface area contributed by atoms with Crippen LogP contribution in [0.25, 0.3) is 0 Å². The molecule has 1 aromatic rings. The van der Waals surface area contributed by atoms with E-state index in [1.54, 1.807) is 11.9 Å². The number of nitrogens with zero attached hydrogens (tertiary/aromatic N) is 3. The summed E-state index contributed by atoms with van der Waals surface area (Å²) in [4.78, 5) is 29.2. The normalized spacial score (nSPS) is 14.8. The molecule has 0 aromatic heterocycles. The first-order valence-corrected chi connectivity index (χ1v) is 8.80. The third-order valence-electron chi connectivity index (χ3n) is 4.11. The van der Waals surface area contributed by atoms with E-state index in [0.717, 1.165) is 24.3 Å². The van der Waals surface area contributed by atoms with Gasteiger partial charge in [-0.3, -0.25) is 0 Å². The fraction of sp³-hybridized carbons (Fsp3) is 0.579. The van der Waals surface area contributed by atoms with Gasteiger partial charge in [-0.15, -0.1) is 0 Å².